The van der Waals surface area contributed by atoms with Crippen molar-refractivity contribution in [2.24, 2.45) is 5.73 Å². The van der Waals surface area contributed by atoms with Crippen molar-refractivity contribution in [3.63, 3.8) is 0 Å². The van der Waals surface area contributed by atoms with Crippen LogP contribution in [0.4, 0.5) is 0 Å². The van der Waals surface area contributed by atoms with Crippen LogP contribution in [-0.2, 0) is 11.2 Å². The van der Waals surface area contributed by atoms with Crippen molar-refractivity contribution in [2.75, 3.05) is 6.61 Å². The van der Waals surface area contributed by atoms with Crippen LogP contribution in [0.2, 0.25) is 0 Å². The Balaban J connectivity index is 1.88. The average Bonchev–Trinajstić information content (AvgIpc) is 2.42. The van der Waals surface area contributed by atoms with E-state index in [0.29, 0.717) is 6.42 Å². The number of aryl methyl sites for hydroxylation is 1. The van der Waals surface area contributed by atoms with Crippen LogP contribution >= 0.6 is 0 Å². The monoisotopic (exact) mass is 263 g/mol. The van der Waals surface area contributed by atoms with E-state index in [1.54, 1.807) is 0 Å². The summed E-state index contributed by atoms with van der Waals surface area (Å²) in [6, 6.07) is 6.14. The van der Waals surface area contributed by atoms with Gasteiger partial charge in [0.25, 0.3) is 0 Å². The number of aliphatic carboxylic acids is 1. The minimum absolute atomic E-state index is 0.0129. The molecule has 1 unspecified atom stereocenters. The minimum Gasteiger partial charge on any atom is -0.493 e. The number of carboxylic acids is 1. The lowest BCUT2D eigenvalue weighted by Gasteiger charge is -2.20. The first-order chi connectivity index (χ1) is 9.16. The third kappa shape index (κ3) is 3.96. The number of unbranched alkanes of at least 4 members (excludes halogenated alkanes) is 1. The van der Waals surface area contributed by atoms with E-state index < -0.39 is 5.97 Å². The number of hydrogen-bond donors (Lipinski definition) is 2. The standard InChI is InChI=1S/C15H21NO3/c16-13(5-1-2-6-15(17)18)11-7-8-14-12(10-11)4-3-9-19-14/h7-8,10,13H,1-6,9,16H2,(H,17,18). The van der Waals surface area contributed by atoms with Crippen LogP contribution in [0.15, 0.2) is 18.2 Å². The zero-order valence-corrected chi connectivity index (χ0v) is 11.1. The third-order valence-electron chi connectivity index (χ3n) is 3.52. The van der Waals surface area contributed by atoms with Gasteiger partial charge >= 0.3 is 5.97 Å². The van der Waals surface area contributed by atoms with Gasteiger partial charge in [-0.25, -0.2) is 0 Å². The Hall–Kier alpha value is -1.55. The topological polar surface area (TPSA) is 72.6 Å². The normalized spacial score (nSPS) is 15.4. The molecule has 1 atom stereocenters. The second kappa shape index (κ2) is 6.57. The summed E-state index contributed by atoms with van der Waals surface area (Å²) in [4.78, 5) is 10.4. The van der Waals surface area contributed by atoms with Crippen molar-refractivity contribution in [1.29, 1.82) is 0 Å². The quantitative estimate of drug-likeness (QED) is 0.774. The molecule has 0 spiro atoms. The Morgan fingerprint density at radius 1 is 1.42 bits per heavy atom. The highest BCUT2D eigenvalue weighted by molar-refractivity contribution is 5.66. The molecule has 1 aliphatic rings. The molecule has 2 rings (SSSR count). The van der Waals surface area contributed by atoms with Crippen LogP contribution in [0.1, 0.15) is 49.3 Å². The second-order valence-corrected chi connectivity index (χ2v) is 5.07. The van der Waals surface area contributed by atoms with Gasteiger partial charge in [0, 0.05) is 12.5 Å². The summed E-state index contributed by atoms with van der Waals surface area (Å²) in [5.41, 5.74) is 8.52. The van der Waals surface area contributed by atoms with Gasteiger partial charge in [0.05, 0.1) is 6.61 Å². The van der Waals surface area contributed by atoms with E-state index >= 15 is 0 Å². The van der Waals surface area contributed by atoms with Crippen molar-refractivity contribution in [3.8, 4) is 5.75 Å². The molecule has 3 N–H and O–H groups in total. The summed E-state index contributed by atoms with van der Waals surface area (Å²) in [5.74, 6) is 0.243. The minimum atomic E-state index is -0.737. The number of carbonyl (C=O) groups is 1. The van der Waals surface area contributed by atoms with Gasteiger partial charge in [0.1, 0.15) is 5.75 Å². The molecule has 1 aromatic carbocycles. The van der Waals surface area contributed by atoms with Gasteiger partial charge in [-0.05, 0) is 42.9 Å². The molecule has 0 aromatic heterocycles. The Morgan fingerprint density at radius 3 is 3.05 bits per heavy atom. The van der Waals surface area contributed by atoms with Crippen molar-refractivity contribution in [1.82, 2.24) is 0 Å². The number of rotatable bonds is 6. The molecule has 1 aromatic rings. The highest BCUT2D eigenvalue weighted by atomic mass is 16.5. The van der Waals surface area contributed by atoms with E-state index in [1.165, 1.54) is 5.56 Å². The Labute approximate surface area is 113 Å². The van der Waals surface area contributed by atoms with Crippen LogP contribution in [0, 0.1) is 0 Å². The van der Waals surface area contributed by atoms with Gasteiger partial charge in [-0.15, -0.1) is 0 Å². The first-order valence-electron chi connectivity index (χ1n) is 6.90. The smallest absolute Gasteiger partial charge is 0.303 e. The molecule has 0 saturated carbocycles. The second-order valence-electron chi connectivity index (χ2n) is 5.07. The van der Waals surface area contributed by atoms with Crippen LogP contribution in [0.25, 0.3) is 0 Å². The summed E-state index contributed by atoms with van der Waals surface area (Å²) in [7, 11) is 0. The summed E-state index contributed by atoms with van der Waals surface area (Å²) in [5, 5.41) is 8.58. The van der Waals surface area contributed by atoms with Crippen LogP contribution in [0.3, 0.4) is 0 Å². The largest absolute Gasteiger partial charge is 0.493 e. The first kappa shape index (κ1) is 13.9. The van der Waals surface area contributed by atoms with Crippen molar-refractivity contribution in [3.05, 3.63) is 29.3 Å². The predicted octanol–water partition coefficient (Wildman–Crippen LogP) is 2.66. The first-order valence-corrected chi connectivity index (χ1v) is 6.90. The molecule has 1 heterocycles. The van der Waals surface area contributed by atoms with E-state index in [2.05, 4.69) is 6.07 Å². The fourth-order valence-electron chi connectivity index (χ4n) is 2.42. The van der Waals surface area contributed by atoms with Gasteiger partial charge in [-0.1, -0.05) is 18.6 Å². The highest BCUT2D eigenvalue weighted by Gasteiger charge is 2.13. The van der Waals surface area contributed by atoms with Crippen LogP contribution in [-0.4, -0.2) is 17.7 Å². The third-order valence-corrected chi connectivity index (χ3v) is 3.52. The van der Waals surface area contributed by atoms with Gasteiger partial charge < -0.3 is 15.6 Å². The summed E-state index contributed by atoms with van der Waals surface area (Å²) in [6.07, 6.45) is 4.70. The molecular formula is C15H21NO3. The van der Waals surface area contributed by atoms with Gasteiger partial charge in [-0.3, -0.25) is 4.79 Å². The van der Waals surface area contributed by atoms with E-state index in [9.17, 15) is 4.79 Å². The molecule has 4 heteroatoms. The molecule has 0 aliphatic carbocycles. The maximum absolute atomic E-state index is 10.4. The van der Waals surface area contributed by atoms with Gasteiger partial charge in [0.15, 0.2) is 0 Å². The van der Waals surface area contributed by atoms with E-state index in [0.717, 1.165) is 43.6 Å². The van der Waals surface area contributed by atoms with Crippen LogP contribution < -0.4 is 10.5 Å². The number of hydrogen-bond acceptors (Lipinski definition) is 3. The summed E-state index contributed by atoms with van der Waals surface area (Å²) >= 11 is 0. The van der Waals surface area contributed by atoms with Crippen molar-refractivity contribution < 1.29 is 14.6 Å². The molecule has 0 bridgehead atoms. The molecule has 104 valence electrons. The molecule has 4 nitrogen and oxygen atoms in total. The molecule has 0 fully saturated rings. The SMILES string of the molecule is NC(CCCCC(=O)O)c1ccc2c(c1)CCCO2. The average molecular weight is 263 g/mol. The lowest BCUT2D eigenvalue weighted by atomic mass is 9.96. The van der Waals surface area contributed by atoms with Crippen LogP contribution in [0.5, 0.6) is 5.75 Å². The number of ether oxygens (including phenoxy) is 1. The number of benzene rings is 1. The number of carboxylic acid groups (broad SMARTS) is 1. The predicted molar refractivity (Wildman–Crippen MR) is 73.3 cm³/mol. The molecule has 0 amide bonds. The molecule has 1 aliphatic heterocycles. The Morgan fingerprint density at radius 2 is 2.26 bits per heavy atom. The Bertz CT molecular complexity index is 445. The fraction of sp³-hybridized carbons (Fsp3) is 0.533. The summed E-state index contributed by atoms with van der Waals surface area (Å²) in [6.45, 7) is 0.799. The number of fused-ring (bicyclic) bond motifs is 1. The zero-order chi connectivity index (χ0) is 13.7. The lowest BCUT2D eigenvalue weighted by molar-refractivity contribution is -0.137. The van der Waals surface area contributed by atoms with Crippen molar-refractivity contribution >= 4 is 5.97 Å². The fourth-order valence-corrected chi connectivity index (χ4v) is 2.42. The maximum atomic E-state index is 10.4. The van der Waals surface area contributed by atoms with E-state index in [4.69, 9.17) is 15.6 Å². The van der Waals surface area contributed by atoms with E-state index in [1.807, 2.05) is 12.1 Å². The molecule has 19 heavy (non-hydrogen) atoms. The van der Waals surface area contributed by atoms with E-state index in [-0.39, 0.29) is 12.5 Å². The molecule has 0 radical (unpaired) electrons. The van der Waals surface area contributed by atoms with Crippen molar-refractivity contribution in [2.45, 2.75) is 44.6 Å². The zero-order valence-electron chi connectivity index (χ0n) is 11.1. The van der Waals surface area contributed by atoms with Gasteiger partial charge in [0.2, 0.25) is 0 Å². The Kier molecular flexibility index (Phi) is 4.80. The summed E-state index contributed by atoms with van der Waals surface area (Å²) < 4.78 is 5.58. The maximum Gasteiger partial charge on any atom is 0.303 e. The molecular weight excluding hydrogens is 242 g/mol. The number of nitrogens with two attached hydrogens (primary N) is 1. The lowest BCUT2D eigenvalue weighted by Crippen LogP contribution is -2.13. The van der Waals surface area contributed by atoms with Gasteiger partial charge in [-0.2, -0.15) is 0 Å². The molecule has 0 saturated heterocycles. The highest BCUT2D eigenvalue weighted by Crippen LogP contribution is 2.28.